The fourth-order valence-electron chi connectivity index (χ4n) is 2.21. The molecule has 0 aliphatic carbocycles. The average molecular weight is 316 g/mol. The Morgan fingerprint density at radius 2 is 2.14 bits per heavy atom. The lowest BCUT2D eigenvalue weighted by molar-refractivity contribution is -0.286. The van der Waals surface area contributed by atoms with Crippen LogP contribution in [0.3, 0.4) is 0 Å². The van der Waals surface area contributed by atoms with Gasteiger partial charge in [0.15, 0.2) is 16.6 Å². The molecule has 8 heteroatoms. The summed E-state index contributed by atoms with van der Waals surface area (Å²) < 4.78 is 40.0. The maximum atomic E-state index is 12.9. The summed E-state index contributed by atoms with van der Waals surface area (Å²) in [6, 6.07) is 4.40. The quantitative estimate of drug-likeness (QED) is 0.836. The first-order chi connectivity index (χ1) is 10.0. The van der Waals surface area contributed by atoms with E-state index in [-0.39, 0.29) is 17.6 Å². The number of halogens is 2. The minimum atomic E-state index is -3.61. The topological polar surface area (TPSA) is 51.8 Å². The number of fused-ring (bicyclic) bond motifs is 1. The zero-order valence-electron chi connectivity index (χ0n) is 11.0. The predicted octanol–water partition coefficient (Wildman–Crippen LogP) is 2.47. The van der Waals surface area contributed by atoms with Crippen molar-refractivity contribution in [2.24, 2.45) is 0 Å². The molecule has 5 nitrogen and oxygen atoms in total. The van der Waals surface area contributed by atoms with E-state index in [2.05, 4.69) is 20.1 Å². The summed E-state index contributed by atoms with van der Waals surface area (Å²) in [5.74, 6) is -0.0179. The van der Waals surface area contributed by atoms with E-state index in [1.807, 2.05) is 0 Å². The highest BCUT2D eigenvalue weighted by Crippen LogP contribution is 2.42. The summed E-state index contributed by atoms with van der Waals surface area (Å²) in [5, 5.41) is 6.34. The first kappa shape index (κ1) is 14.3. The van der Waals surface area contributed by atoms with E-state index in [1.54, 1.807) is 6.07 Å². The molecular weight excluding hydrogens is 302 g/mol. The number of thiocarbonyl (C=S) groups is 1. The van der Waals surface area contributed by atoms with Crippen LogP contribution in [0.25, 0.3) is 0 Å². The summed E-state index contributed by atoms with van der Waals surface area (Å²) in [6.45, 7) is 1.40. The third kappa shape index (κ3) is 3.51. The van der Waals surface area contributed by atoms with Gasteiger partial charge in [0.05, 0.1) is 6.10 Å². The lowest BCUT2D eigenvalue weighted by Gasteiger charge is -2.14. The second-order valence-corrected chi connectivity index (χ2v) is 5.21. The Kier molecular flexibility index (Phi) is 3.81. The minimum absolute atomic E-state index is 0.00350. The summed E-state index contributed by atoms with van der Waals surface area (Å²) in [7, 11) is 0. The highest BCUT2D eigenvalue weighted by atomic mass is 32.1. The molecule has 2 aliphatic rings. The molecule has 1 atom stereocenters. The van der Waals surface area contributed by atoms with Gasteiger partial charge in [0.1, 0.15) is 0 Å². The molecule has 3 rings (SSSR count). The van der Waals surface area contributed by atoms with Crippen LogP contribution >= 0.6 is 12.2 Å². The highest BCUT2D eigenvalue weighted by Gasteiger charge is 2.43. The van der Waals surface area contributed by atoms with Gasteiger partial charge in [-0.05, 0) is 37.2 Å². The number of rotatable bonds is 3. The first-order valence-corrected chi connectivity index (χ1v) is 6.99. The third-order valence-electron chi connectivity index (χ3n) is 3.17. The smallest absolute Gasteiger partial charge is 0.395 e. The van der Waals surface area contributed by atoms with Crippen molar-refractivity contribution in [3.05, 3.63) is 18.2 Å². The number of alkyl halides is 2. The fraction of sp³-hybridized carbons (Fsp3) is 0.462. The predicted molar refractivity (Wildman–Crippen MR) is 75.8 cm³/mol. The number of benzene rings is 1. The van der Waals surface area contributed by atoms with Crippen LogP contribution in [-0.2, 0) is 4.74 Å². The van der Waals surface area contributed by atoms with Crippen molar-refractivity contribution in [3.63, 3.8) is 0 Å². The van der Waals surface area contributed by atoms with Crippen molar-refractivity contribution in [2.45, 2.75) is 25.2 Å². The molecule has 0 bridgehead atoms. The number of nitrogens with one attached hydrogen (secondary N) is 2. The monoisotopic (exact) mass is 316 g/mol. The Balaban J connectivity index is 1.54. The molecule has 2 N–H and O–H groups in total. The maximum absolute atomic E-state index is 12.9. The molecule has 0 aromatic heterocycles. The lowest BCUT2D eigenvalue weighted by atomic mass is 10.2. The molecule has 1 saturated heterocycles. The van der Waals surface area contributed by atoms with Gasteiger partial charge in [-0.2, -0.15) is 0 Å². The number of ether oxygens (including phenoxy) is 3. The van der Waals surface area contributed by atoms with Crippen LogP contribution in [0.1, 0.15) is 12.8 Å². The zero-order chi connectivity index (χ0) is 14.9. The summed E-state index contributed by atoms with van der Waals surface area (Å²) in [5.41, 5.74) is 0.542. The van der Waals surface area contributed by atoms with Crippen LogP contribution in [0.15, 0.2) is 18.2 Å². The second-order valence-electron chi connectivity index (χ2n) is 4.80. The van der Waals surface area contributed by atoms with Crippen molar-refractivity contribution >= 4 is 23.0 Å². The summed E-state index contributed by atoms with van der Waals surface area (Å²) in [4.78, 5) is 0. The van der Waals surface area contributed by atoms with Crippen molar-refractivity contribution in [1.29, 1.82) is 0 Å². The third-order valence-corrected chi connectivity index (χ3v) is 3.42. The Morgan fingerprint density at radius 1 is 1.33 bits per heavy atom. The summed E-state index contributed by atoms with van der Waals surface area (Å²) >= 11 is 5.15. The van der Waals surface area contributed by atoms with Gasteiger partial charge in [0.2, 0.25) is 0 Å². The van der Waals surface area contributed by atoms with E-state index in [0.717, 1.165) is 19.4 Å². The Bertz CT molecular complexity index is 550. The lowest BCUT2D eigenvalue weighted by Crippen LogP contribution is -2.34. The van der Waals surface area contributed by atoms with Gasteiger partial charge in [-0.25, -0.2) is 0 Å². The van der Waals surface area contributed by atoms with E-state index in [0.29, 0.717) is 17.3 Å². The van der Waals surface area contributed by atoms with Crippen molar-refractivity contribution in [3.8, 4) is 11.5 Å². The van der Waals surface area contributed by atoms with Gasteiger partial charge in [-0.1, -0.05) is 0 Å². The Morgan fingerprint density at radius 3 is 2.90 bits per heavy atom. The van der Waals surface area contributed by atoms with Crippen LogP contribution in [0.4, 0.5) is 14.5 Å². The number of anilines is 1. The molecule has 0 spiro atoms. The van der Waals surface area contributed by atoms with Crippen LogP contribution in [0.5, 0.6) is 11.5 Å². The van der Waals surface area contributed by atoms with Crippen LogP contribution in [0.2, 0.25) is 0 Å². The normalized spacial score (nSPS) is 22.1. The Labute approximate surface area is 125 Å². The molecule has 1 aromatic carbocycles. The zero-order valence-corrected chi connectivity index (χ0v) is 11.8. The van der Waals surface area contributed by atoms with Crippen molar-refractivity contribution < 1.29 is 23.0 Å². The van der Waals surface area contributed by atoms with E-state index >= 15 is 0 Å². The minimum Gasteiger partial charge on any atom is -0.395 e. The van der Waals surface area contributed by atoms with Crippen LogP contribution in [-0.4, -0.2) is 30.7 Å². The largest absolute Gasteiger partial charge is 0.586 e. The molecule has 114 valence electrons. The van der Waals surface area contributed by atoms with Crippen molar-refractivity contribution in [2.75, 3.05) is 18.5 Å². The fourth-order valence-corrected chi connectivity index (χ4v) is 2.42. The molecule has 1 aromatic rings. The highest BCUT2D eigenvalue weighted by molar-refractivity contribution is 7.80. The second kappa shape index (κ2) is 5.61. The standard InChI is InChI=1S/C13H14F2N2O3S/c14-13(15)19-10-4-3-8(6-11(10)20-13)17-12(21)16-7-9-2-1-5-18-9/h3-4,6,9H,1-2,5,7H2,(H2,16,17,21)/t9-/m0/s1. The molecule has 1 fully saturated rings. The molecule has 2 heterocycles. The van der Waals surface area contributed by atoms with Gasteiger partial charge in [-0.15, -0.1) is 8.78 Å². The molecule has 21 heavy (non-hydrogen) atoms. The molecule has 0 saturated carbocycles. The average Bonchev–Trinajstić information content (AvgIpc) is 3.01. The molecular formula is C13H14F2N2O3S. The van der Waals surface area contributed by atoms with Gasteiger partial charge in [-0.3, -0.25) is 0 Å². The summed E-state index contributed by atoms with van der Waals surface area (Å²) in [6.07, 6.45) is -1.38. The van der Waals surface area contributed by atoms with E-state index in [1.165, 1.54) is 12.1 Å². The van der Waals surface area contributed by atoms with E-state index in [9.17, 15) is 8.78 Å². The number of hydrogen-bond acceptors (Lipinski definition) is 4. The van der Waals surface area contributed by atoms with Gasteiger partial charge < -0.3 is 24.8 Å². The van der Waals surface area contributed by atoms with E-state index in [4.69, 9.17) is 17.0 Å². The molecule has 0 radical (unpaired) electrons. The van der Waals surface area contributed by atoms with E-state index < -0.39 is 6.29 Å². The van der Waals surface area contributed by atoms with Crippen molar-refractivity contribution in [1.82, 2.24) is 5.32 Å². The first-order valence-electron chi connectivity index (χ1n) is 6.58. The maximum Gasteiger partial charge on any atom is 0.586 e. The van der Waals surface area contributed by atoms with Gasteiger partial charge in [0.25, 0.3) is 0 Å². The molecule has 0 unspecified atom stereocenters. The van der Waals surface area contributed by atoms with Crippen LogP contribution in [0, 0.1) is 0 Å². The van der Waals surface area contributed by atoms with Crippen LogP contribution < -0.4 is 20.1 Å². The van der Waals surface area contributed by atoms with Gasteiger partial charge in [0, 0.05) is 24.9 Å². The SMILES string of the molecule is FC1(F)Oc2ccc(NC(=S)NC[C@@H]3CCCO3)cc2O1. The molecule has 2 aliphatic heterocycles. The van der Waals surface area contributed by atoms with Gasteiger partial charge >= 0.3 is 6.29 Å². The molecule has 0 amide bonds. The number of hydrogen-bond donors (Lipinski definition) is 2. The Hall–Kier alpha value is -1.67.